The topological polar surface area (TPSA) is 84.9 Å². The molecule has 2 aliphatic heterocycles. The minimum atomic E-state index is -2.01. The Morgan fingerprint density at radius 2 is 1.96 bits per heavy atom. The maximum Gasteiger partial charge on any atom is 0.261 e. The summed E-state index contributed by atoms with van der Waals surface area (Å²) >= 11 is 6.22. The third-order valence-corrected chi connectivity index (χ3v) is 4.99. The fourth-order valence-corrected chi connectivity index (χ4v) is 3.61. The van der Waals surface area contributed by atoms with Gasteiger partial charge in [-0.3, -0.25) is 9.59 Å². The summed E-state index contributed by atoms with van der Waals surface area (Å²) in [6.07, 6.45) is -0.422. The monoisotopic (exact) mass is 373 g/mol. The third kappa shape index (κ3) is 2.53. The fraction of sp³-hybridized carbons (Fsp3) is 0.263. The second-order valence-electron chi connectivity index (χ2n) is 6.39. The van der Waals surface area contributed by atoms with Crippen LogP contribution in [0.5, 0.6) is 11.5 Å². The highest BCUT2D eigenvalue weighted by molar-refractivity contribution is 6.33. The molecule has 0 radical (unpaired) electrons. The molecule has 0 fully saturated rings. The lowest BCUT2D eigenvalue weighted by molar-refractivity contribution is -0.133. The third-order valence-electron chi connectivity index (χ3n) is 4.67. The van der Waals surface area contributed by atoms with Gasteiger partial charge in [0, 0.05) is 16.1 Å². The smallest absolute Gasteiger partial charge is 0.261 e. The number of fused-ring (bicyclic) bond motifs is 2. The highest BCUT2D eigenvalue weighted by atomic mass is 35.5. The van der Waals surface area contributed by atoms with E-state index >= 15 is 0 Å². The van der Waals surface area contributed by atoms with Gasteiger partial charge in [0.2, 0.25) is 0 Å². The number of amides is 1. The van der Waals surface area contributed by atoms with Gasteiger partial charge in [0.1, 0.15) is 13.2 Å². The van der Waals surface area contributed by atoms with Crippen LogP contribution in [0.15, 0.2) is 30.3 Å². The number of nitrogens with one attached hydrogen (secondary N) is 1. The number of ether oxygens (including phenoxy) is 2. The summed E-state index contributed by atoms with van der Waals surface area (Å²) in [5.74, 6) is -0.0204. The van der Waals surface area contributed by atoms with Gasteiger partial charge in [-0.25, -0.2) is 0 Å². The summed E-state index contributed by atoms with van der Waals surface area (Å²) in [7, 11) is 0. The normalized spacial score (nSPS) is 20.5. The molecule has 0 saturated heterocycles. The van der Waals surface area contributed by atoms with Gasteiger partial charge >= 0.3 is 0 Å². The molecule has 1 atom stereocenters. The summed E-state index contributed by atoms with van der Waals surface area (Å²) < 4.78 is 10.9. The van der Waals surface area contributed by atoms with E-state index in [2.05, 4.69) is 5.32 Å². The second kappa shape index (κ2) is 6.00. The Hall–Kier alpha value is -2.57. The lowest BCUT2D eigenvalue weighted by Crippen LogP contribution is -2.36. The molecule has 2 aliphatic rings. The number of aliphatic hydroxyl groups is 1. The summed E-state index contributed by atoms with van der Waals surface area (Å²) in [6.45, 7) is 2.65. The van der Waals surface area contributed by atoms with Crippen molar-refractivity contribution in [3.8, 4) is 11.5 Å². The van der Waals surface area contributed by atoms with Gasteiger partial charge in [-0.05, 0) is 36.8 Å². The highest BCUT2D eigenvalue weighted by Crippen LogP contribution is 2.45. The summed E-state index contributed by atoms with van der Waals surface area (Å²) in [5, 5.41) is 13.9. The van der Waals surface area contributed by atoms with Crippen LogP contribution in [0.1, 0.15) is 27.9 Å². The van der Waals surface area contributed by atoms with Crippen LogP contribution < -0.4 is 14.8 Å². The molecular formula is C19H16ClNO5. The van der Waals surface area contributed by atoms with Crippen molar-refractivity contribution in [1.29, 1.82) is 0 Å². The van der Waals surface area contributed by atoms with E-state index in [4.69, 9.17) is 21.1 Å². The lowest BCUT2D eigenvalue weighted by atomic mass is 9.87. The zero-order valence-corrected chi connectivity index (χ0v) is 14.7. The van der Waals surface area contributed by atoms with E-state index in [9.17, 15) is 14.7 Å². The number of benzene rings is 2. The second-order valence-corrected chi connectivity index (χ2v) is 6.79. The molecule has 0 aromatic heterocycles. The van der Waals surface area contributed by atoms with Gasteiger partial charge in [0.25, 0.3) is 5.91 Å². The molecule has 2 N–H and O–H groups in total. The molecule has 1 amide bonds. The first kappa shape index (κ1) is 16.9. The van der Waals surface area contributed by atoms with E-state index in [1.807, 2.05) is 0 Å². The van der Waals surface area contributed by atoms with Crippen LogP contribution in [0.2, 0.25) is 5.02 Å². The van der Waals surface area contributed by atoms with Crippen molar-refractivity contribution in [2.45, 2.75) is 18.9 Å². The van der Waals surface area contributed by atoms with Gasteiger partial charge in [0.15, 0.2) is 22.9 Å². The first-order valence-corrected chi connectivity index (χ1v) is 8.54. The number of rotatable bonds is 3. The molecule has 0 bridgehead atoms. The average molecular weight is 374 g/mol. The molecule has 0 spiro atoms. The van der Waals surface area contributed by atoms with Gasteiger partial charge in [0.05, 0.1) is 12.1 Å². The van der Waals surface area contributed by atoms with E-state index in [0.29, 0.717) is 36.0 Å². The number of ketones is 1. The van der Waals surface area contributed by atoms with Crippen LogP contribution in [0, 0.1) is 6.92 Å². The SMILES string of the molecule is Cc1ccc(Cl)c2c1NC(=O)C2(O)CC(=O)c1ccc2c(c1)OCCO2. The molecule has 7 heteroatoms. The van der Waals surface area contributed by atoms with Crippen molar-refractivity contribution < 1.29 is 24.2 Å². The molecule has 2 aromatic rings. The maximum atomic E-state index is 12.8. The van der Waals surface area contributed by atoms with Crippen molar-refractivity contribution >= 4 is 29.0 Å². The number of halogens is 1. The Morgan fingerprint density at radius 3 is 2.73 bits per heavy atom. The predicted molar refractivity (Wildman–Crippen MR) is 95.1 cm³/mol. The first-order valence-electron chi connectivity index (χ1n) is 8.16. The number of carbonyl (C=O) groups is 2. The summed E-state index contributed by atoms with van der Waals surface area (Å²) in [4.78, 5) is 25.2. The van der Waals surface area contributed by atoms with E-state index in [0.717, 1.165) is 5.56 Å². The molecule has 1 unspecified atom stereocenters. The maximum absolute atomic E-state index is 12.8. The van der Waals surface area contributed by atoms with Crippen molar-refractivity contribution in [2.24, 2.45) is 0 Å². The highest BCUT2D eigenvalue weighted by Gasteiger charge is 2.48. The van der Waals surface area contributed by atoms with Gasteiger partial charge in [-0.15, -0.1) is 0 Å². The number of aryl methyl sites for hydroxylation is 1. The predicted octanol–water partition coefficient (Wildman–Crippen LogP) is 2.83. The van der Waals surface area contributed by atoms with Crippen LogP contribution >= 0.6 is 11.6 Å². The number of hydrogen-bond acceptors (Lipinski definition) is 5. The van der Waals surface area contributed by atoms with Crippen LogP contribution in [0.25, 0.3) is 0 Å². The average Bonchev–Trinajstić information content (AvgIpc) is 2.90. The van der Waals surface area contributed by atoms with Crippen LogP contribution in [0.4, 0.5) is 5.69 Å². The van der Waals surface area contributed by atoms with Crippen molar-refractivity contribution in [1.82, 2.24) is 0 Å². The van der Waals surface area contributed by atoms with E-state index < -0.39 is 23.7 Å². The molecule has 26 heavy (non-hydrogen) atoms. The molecule has 0 aliphatic carbocycles. The van der Waals surface area contributed by atoms with Crippen molar-refractivity contribution in [3.63, 3.8) is 0 Å². The number of carbonyl (C=O) groups excluding carboxylic acids is 2. The minimum Gasteiger partial charge on any atom is -0.486 e. The van der Waals surface area contributed by atoms with Crippen LogP contribution in [-0.4, -0.2) is 30.0 Å². The molecule has 6 nitrogen and oxygen atoms in total. The number of anilines is 1. The number of hydrogen-bond donors (Lipinski definition) is 2. The van der Waals surface area contributed by atoms with Gasteiger partial charge in [-0.2, -0.15) is 0 Å². The summed E-state index contributed by atoms with van der Waals surface area (Å²) in [6, 6.07) is 8.15. The van der Waals surface area contributed by atoms with E-state index in [1.54, 1.807) is 37.3 Å². The van der Waals surface area contributed by atoms with Crippen molar-refractivity contribution in [3.05, 3.63) is 52.0 Å². The Balaban J connectivity index is 1.68. The zero-order chi connectivity index (χ0) is 18.5. The van der Waals surface area contributed by atoms with Crippen molar-refractivity contribution in [2.75, 3.05) is 18.5 Å². The molecule has 2 aromatic carbocycles. The standard InChI is InChI=1S/C19H16ClNO5/c1-10-2-4-12(20)16-17(10)21-18(23)19(16,24)9-13(22)11-3-5-14-15(8-11)26-7-6-25-14/h2-5,8,24H,6-7,9H2,1H3,(H,21,23). The Labute approximate surface area is 154 Å². The van der Waals surface area contributed by atoms with Gasteiger partial charge in [-0.1, -0.05) is 17.7 Å². The Morgan fingerprint density at radius 1 is 1.23 bits per heavy atom. The molecule has 4 rings (SSSR count). The molecule has 0 saturated carbocycles. The minimum absolute atomic E-state index is 0.237. The molecule has 134 valence electrons. The summed E-state index contributed by atoms with van der Waals surface area (Å²) in [5.41, 5.74) is -0.217. The Bertz CT molecular complexity index is 942. The van der Waals surface area contributed by atoms with Crippen LogP contribution in [0.3, 0.4) is 0 Å². The van der Waals surface area contributed by atoms with Crippen LogP contribution in [-0.2, 0) is 10.4 Å². The quantitative estimate of drug-likeness (QED) is 0.808. The van der Waals surface area contributed by atoms with E-state index in [-0.39, 0.29) is 10.6 Å². The van der Waals surface area contributed by atoms with Gasteiger partial charge < -0.3 is 19.9 Å². The largest absolute Gasteiger partial charge is 0.486 e. The zero-order valence-electron chi connectivity index (χ0n) is 14.0. The number of Topliss-reactive ketones (excluding diaryl/α,β-unsaturated/α-hetero) is 1. The first-order chi connectivity index (χ1) is 12.4. The van der Waals surface area contributed by atoms with E-state index in [1.165, 1.54) is 0 Å². The molecule has 2 heterocycles. The lowest BCUT2D eigenvalue weighted by Gasteiger charge is -2.22. The molecular weight excluding hydrogens is 358 g/mol. The Kier molecular flexibility index (Phi) is 3.89. The fourth-order valence-electron chi connectivity index (χ4n) is 3.30.